The third-order valence-corrected chi connectivity index (χ3v) is 4.71. The van der Waals surface area contributed by atoms with E-state index in [1.807, 2.05) is 13.8 Å². The molecule has 1 fully saturated rings. The van der Waals surface area contributed by atoms with Gasteiger partial charge in [0.15, 0.2) is 0 Å². The van der Waals surface area contributed by atoms with Crippen LogP contribution in [-0.2, 0) is 0 Å². The summed E-state index contributed by atoms with van der Waals surface area (Å²) in [5, 5.41) is 5.50. The van der Waals surface area contributed by atoms with Gasteiger partial charge in [0.25, 0.3) is 11.8 Å². The molecule has 28 heavy (non-hydrogen) atoms. The fourth-order valence-electron chi connectivity index (χ4n) is 2.87. The van der Waals surface area contributed by atoms with E-state index in [1.165, 1.54) is 18.2 Å². The van der Waals surface area contributed by atoms with Crippen molar-refractivity contribution < 1.29 is 18.4 Å². The molecule has 1 aliphatic carbocycles. The van der Waals surface area contributed by atoms with Crippen molar-refractivity contribution in [3.05, 3.63) is 58.7 Å². The molecule has 0 spiro atoms. The van der Waals surface area contributed by atoms with Crippen LogP contribution in [0.3, 0.4) is 0 Å². The van der Waals surface area contributed by atoms with Gasteiger partial charge < -0.3 is 10.6 Å². The molecule has 0 bridgehead atoms. The van der Waals surface area contributed by atoms with Crippen molar-refractivity contribution in [2.75, 3.05) is 6.54 Å². The summed E-state index contributed by atoms with van der Waals surface area (Å²) in [5.74, 6) is -1.79. The monoisotopic (exact) mass is 386 g/mol. The first kappa shape index (κ1) is 20.0. The molecule has 1 saturated carbocycles. The van der Waals surface area contributed by atoms with Crippen molar-refractivity contribution in [1.82, 2.24) is 10.6 Å². The molecule has 148 valence electrons. The molecule has 3 rings (SSSR count). The highest BCUT2D eigenvalue weighted by atomic mass is 19.1. The molecule has 2 amide bonds. The van der Waals surface area contributed by atoms with Gasteiger partial charge in [-0.25, -0.2) is 8.78 Å². The standard InChI is InChI=1S/C22H24F2N2O2/c1-12(2)11-25-22(28)17-7-4-14(9-20(17)24)18-8-15(10-19(23)13(18)3)21(27)26-16-5-6-16/h4,7-10,12,16H,5-6,11H2,1-3H3,(H,25,28)(H,26,27). The van der Waals surface area contributed by atoms with Gasteiger partial charge in [-0.15, -0.1) is 0 Å². The highest BCUT2D eigenvalue weighted by Gasteiger charge is 2.25. The molecule has 0 unspecified atom stereocenters. The normalized spacial score (nSPS) is 13.5. The van der Waals surface area contributed by atoms with E-state index in [2.05, 4.69) is 10.6 Å². The molecular weight excluding hydrogens is 362 g/mol. The van der Waals surface area contributed by atoms with Crippen molar-refractivity contribution in [1.29, 1.82) is 0 Å². The minimum atomic E-state index is -0.689. The van der Waals surface area contributed by atoms with Crippen LogP contribution >= 0.6 is 0 Å². The quantitative estimate of drug-likeness (QED) is 0.781. The molecule has 2 aromatic carbocycles. The zero-order valence-electron chi connectivity index (χ0n) is 16.2. The lowest BCUT2D eigenvalue weighted by Crippen LogP contribution is -2.28. The van der Waals surface area contributed by atoms with Crippen LogP contribution in [0.25, 0.3) is 11.1 Å². The Morgan fingerprint density at radius 3 is 2.39 bits per heavy atom. The molecule has 1 aliphatic rings. The number of hydrogen-bond acceptors (Lipinski definition) is 2. The lowest BCUT2D eigenvalue weighted by Gasteiger charge is -2.13. The Kier molecular flexibility index (Phi) is 5.77. The third-order valence-electron chi connectivity index (χ3n) is 4.71. The number of rotatable bonds is 6. The lowest BCUT2D eigenvalue weighted by atomic mass is 9.96. The third kappa shape index (κ3) is 4.55. The average molecular weight is 386 g/mol. The first-order valence-electron chi connectivity index (χ1n) is 9.45. The van der Waals surface area contributed by atoms with Crippen LogP contribution in [0.2, 0.25) is 0 Å². The Morgan fingerprint density at radius 1 is 1.07 bits per heavy atom. The number of carbonyl (C=O) groups is 2. The van der Waals surface area contributed by atoms with E-state index in [0.717, 1.165) is 12.8 Å². The van der Waals surface area contributed by atoms with Crippen LogP contribution in [0, 0.1) is 24.5 Å². The molecule has 4 nitrogen and oxygen atoms in total. The minimum Gasteiger partial charge on any atom is -0.352 e. The second-order valence-corrected chi connectivity index (χ2v) is 7.68. The summed E-state index contributed by atoms with van der Waals surface area (Å²) in [5.41, 5.74) is 1.29. The van der Waals surface area contributed by atoms with Crippen molar-refractivity contribution in [3.63, 3.8) is 0 Å². The van der Waals surface area contributed by atoms with Gasteiger partial charge in [0.1, 0.15) is 11.6 Å². The zero-order valence-corrected chi connectivity index (χ0v) is 16.2. The molecule has 0 atom stereocenters. The van der Waals surface area contributed by atoms with Crippen molar-refractivity contribution >= 4 is 11.8 Å². The lowest BCUT2D eigenvalue weighted by molar-refractivity contribution is 0.0939. The molecule has 0 aromatic heterocycles. The largest absolute Gasteiger partial charge is 0.352 e. The van der Waals surface area contributed by atoms with Crippen LogP contribution in [0.5, 0.6) is 0 Å². The summed E-state index contributed by atoms with van der Waals surface area (Å²) in [6.45, 7) is 5.92. The van der Waals surface area contributed by atoms with E-state index in [1.54, 1.807) is 19.1 Å². The predicted molar refractivity (Wildman–Crippen MR) is 104 cm³/mol. The van der Waals surface area contributed by atoms with E-state index in [-0.39, 0.29) is 29.0 Å². The maximum absolute atomic E-state index is 14.5. The molecule has 0 radical (unpaired) electrons. The smallest absolute Gasteiger partial charge is 0.254 e. The number of nitrogens with one attached hydrogen (secondary N) is 2. The first-order valence-corrected chi connectivity index (χ1v) is 9.45. The summed E-state index contributed by atoms with van der Waals surface area (Å²) < 4.78 is 28.9. The number of carbonyl (C=O) groups excluding carboxylic acids is 2. The second kappa shape index (κ2) is 8.09. The summed E-state index contributed by atoms with van der Waals surface area (Å²) in [6, 6.07) is 7.06. The van der Waals surface area contributed by atoms with Crippen LogP contribution in [0.1, 0.15) is 53.0 Å². The van der Waals surface area contributed by atoms with Gasteiger partial charge in [0.2, 0.25) is 0 Å². The van der Waals surface area contributed by atoms with Gasteiger partial charge in [-0.3, -0.25) is 9.59 Å². The molecular formula is C22H24F2N2O2. The summed E-state index contributed by atoms with van der Waals surface area (Å²) >= 11 is 0. The molecule has 0 saturated heterocycles. The Morgan fingerprint density at radius 2 is 1.79 bits per heavy atom. The Balaban J connectivity index is 1.90. The van der Waals surface area contributed by atoms with E-state index in [4.69, 9.17) is 0 Å². The van der Waals surface area contributed by atoms with Gasteiger partial charge >= 0.3 is 0 Å². The molecule has 2 aromatic rings. The number of amides is 2. The number of hydrogen-bond donors (Lipinski definition) is 2. The molecule has 0 heterocycles. The molecule has 0 aliphatic heterocycles. The van der Waals surface area contributed by atoms with Crippen LogP contribution in [0.15, 0.2) is 30.3 Å². The molecule has 6 heteroatoms. The van der Waals surface area contributed by atoms with E-state index >= 15 is 0 Å². The van der Waals surface area contributed by atoms with Crippen molar-refractivity contribution in [3.8, 4) is 11.1 Å². The summed E-state index contributed by atoms with van der Waals surface area (Å²) in [6.07, 6.45) is 1.86. The van der Waals surface area contributed by atoms with Gasteiger partial charge in [0.05, 0.1) is 5.56 Å². The topological polar surface area (TPSA) is 58.2 Å². The fourth-order valence-corrected chi connectivity index (χ4v) is 2.87. The SMILES string of the molecule is Cc1c(F)cc(C(=O)NC2CC2)cc1-c1ccc(C(=O)NCC(C)C)c(F)c1. The maximum Gasteiger partial charge on any atom is 0.254 e. The van der Waals surface area contributed by atoms with Crippen LogP contribution < -0.4 is 10.6 Å². The van der Waals surface area contributed by atoms with Gasteiger partial charge in [0, 0.05) is 18.2 Å². The van der Waals surface area contributed by atoms with Gasteiger partial charge in [-0.1, -0.05) is 19.9 Å². The molecule has 2 N–H and O–H groups in total. The number of halogens is 2. The maximum atomic E-state index is 14.5. The van der Waals surface area contributed by atoms with Gasteiger partial charge in [-0.05, 0) is 66.6 Å². The number of benzene rings is 2. The fraction of sp³-hybridized carbons (Fsp3) is 0.364. The van der Waals surface area contributed by atoms with Crippen LogP contribution in [-0.4, -0.2) is 24.4 Å². The summed E-state index contributed by atoms with van der Waals surface area (Å²) in [7, 11) is 0. The van der Waals surface area contributed by atoms with Crippen LogP contribution in [0.4, 0.5) is 8.78 Å². The summed E-state index contributed by atoms with van der Waals surface area (Å²) in [4.78, 5) is 24.4. The van der Waals surface area contributed by atoms with Gasteiger partial charge in [-0.2, -0.15) is 0 Å². The average Bonchev–Trinajstić information content (AvgIpc) is 3.45. The minimum absolute atomic E-state index is 0.0647. The van der Waals surface area contributed by atoms with Crippen molar-refractivity contribution in [2.24, 2.45) is 5.92 Å². The Hall–Kier alpha value is -2.76. The van der Waals surface area contributed by atoms with E-state index in [9.17, 15) is 18.4 Å². The highest BCUT2D eigenvalue weighted by Crippen LogP contribution is 2.29. The predicted octanol–water partition coefficient (Wildman–Crippen LogP) is 4.22. The first-order chi connectivity index (χ1) is 13.3. The second-order valence-electron chi connectivity index (χ2n) is 7.68. The van der Waals surface area contributed by atoms with E-state index in [0.29, 0.717) is 23.2 Å². The zero-order chi connectivity index (χ0) is 20.4. The highest BCUT2D eigenvalue weighted by molar-refractivity contribution is 5.97. The Labute approximate surface area is 163 Å². The van der Waals surface area contributed by atoms with Crippen molar-refractivity contribution in [2.45, 2.75) is 39.7 Å². The Bertz CT molecular complexity index is 921. The van der Waals surface area contributed by atoms with E-state index < -0.39 is 17.5 Å².